The Bertz CT molecular complexity index is 527. The summed E-state index contributed by atoms with van der Waals surface area (Å²) < 4.78 is 5.43. The van der Waals surface area contributed by atoms with Crippen molar-refractivity contribution in [2.45, 2.75) is 32.1 Å². The van der Waals surface area contributed by atoms with E-state index in [0.29, 0.717) is 6.61 Å². The summed E-state index contributed by atoms with van der Waals surface area (Å²) in [5.74, 6) is -0.163. The Morgan fingerprint density at radius 2 is 1.36 bits per heavy atom. The van der Waals surface area contributed by atoms with Gasteiger partial charge in [-0.2, -0.15) is 0 Å². The molecule has 0 radical (unpaired) electrons. The van der Waals surface area contributed by atoms with Crippen LogP contribution < -0.4 is 0 Å². The lowest BCUT2D eigenvalue weighted by Crippen LogP contribution is -2.38. The van der Waals surface area contributed by atoms with Crippen LogP contribution in [-0.2, 0) is 14.9 Å². The maximum Gasteiger partial charge on any atom is 0.321 e. The van der Waals surface area contributed by atoms with E-state index in [-0.39, 0.29) is 18.4 Å². The third kappa shape index (κ3) is 3.50. The maximum atomic E-state index is 12.8. The number of carbonyl (C=O) groups excluding carboxylic acids is 1. The molecule has 0 spiro atoms. The van der Waals surface area contributed by atoms with Crippen molar-refractivity contribution in [1.82, 2.24) is 0 Å². The quantitative estimate of drug-likeness (QED) is 0.718. The third-order valence-electron chi connectivity index (χ3n) is 3.78. The minimum absolute atomic E-state index is 0. The summed E-state index contributed by atoms with van der Waals surface area (Å²) in [6.45, 7) is 4.34. The lowest BCUT2D eigenvalue weighted by atomic mass is 9.71. The van der Waals surface area contributed by atoms with Gasteiger partial charge in [-0.3, -0.25) is 4.79 Å². The molecule has 2 aromatic rings. The van der Waals surface area contributed by atoms with Gasteiger partial charge in [-0.15, -0.1) is 12.4 Å². The Balaban J connectivity index is 0.00000242. The van der Waals surface area contributed by atoms with Crippen molar-refractivity contribution >= 4 is 18.4 Å². The molecule has 0 saturated heterocycles. The highest BCUT2D eigenvalue weighted by Crippen LogP contribution is 2.38. The molecule has 0 saturated carbocycles. The van der Waals surface area contributed by atoms with Crippen molar-refractivity contribution in [2.75, 3.05) is 6.61 Å². The number of benzene rings is 2. The van der Waals surface area contributed by atoms with E-state index in [4.69, 9.17) is 4.74 Å². The third-order valence-corrected chi connectivity index (χ3v) is 3.78. The fourth-order valence-corrected chi connectivity index (χ4v) is 2.87. The molecular formula is C19H23ClO2. The SMILES string of the molecule is CCCC(C(=O)OCC)(c1ccccc1)c1ccccc1.Cl. The van der Waals surface area contributed by atoms with Crippen LogP contribution >= 0.6 is 12.4 Å². The normalized spacial score (nSPS) is 10.6. The van der Waals surface area contributed by atoms with Gasteiger partial charge in [0.2, 0.25) is 0 Å². The van der Waals surface area contributed by atoms with Gasteiger partial charge in [-0.1, -0.05) is 74.0 Å². The average molecular weight is 319 g/mol. The van der Waals surface area contributed by atoms with Crippen LogP contribution in [0, 0.1) is 0 Å². The van der Waals surface area contributed by atoms with Crippen molar-refractivity contribution in [3.63, 3.8) is 0 Å². The van der Waals surface area contributed by atoms with Gasteiger partial charge >= 0.3 is 5.97 Å². The summed E-state index contributed by atoms with van der Waals surface area (Å²) in [6, 6.07) is 19.9. The number of hydrogen-bond donors (Lipinski definition) is 0. The summed E-state index contributed by atoms with van der Waals surface area (Å²) in [5.41, 5.74) is 1.28. The van der Waals surface area contributed by atoms with E-state index in [9.17, 15) is 4.79 Å². The van der Waals surface area contributed by atoms with Crippen molar-refractivity contribution in [2.24, 2.45) is 0 Å². The molecule has 2 aromatic carbocycles. The van der Waals surface area contributed by atoms with Crippen LogP contribution in [0.1, 0.15) is 37.8 Å². The molecule has 0 aliphatic heterocycles. The van der Waals surface area contributed by atoms with Gasteiger partial charge in [-0.25, -0.2) is 0 Å². The van der Waals surface area contributed by atoms with E-state index in [1.165, 1.54) is 0 Å². The Morgan fingerprint density at radius 3 is 1.73 bits per heavy atom. The molecule has 0 bridgehead atoms. The highest BCUT2D eigenvalue weighted by Gasteiger charge is 2.42. The average Bonchev–Trinajstić information content (AvgIpc) is 2.54. The second kappa shape index (κ2) is 8.60. The molecule has 0 aliphatic carbocycles. The molecule has 22 heavy (non-hydrogen) atoms. The maximum absolute atomic E-state index is 12.8. The van der Waals surface area contributed by atoms with Gasteiger partial charge in [0, 0.05) is 0 Å². The van der Waals surface area contributed by atoms with E-state index in [1.54, 1.807) is 0 Å². The highest BCUT2D eigenvalue weighted by atomic mass is 35.5. The summed E-state index contributed by atoms with van der Waals surface area (Å²) in [4.78, 5) is 12.8. The Morgan fingerprint density at radius 1 is 0.909 bits per heavy atom. The molecule has 3 heteroatoms. The fourth-order valence-electron chi connectivity index (χ4n) is 2.87. The largest absolute Gasteiger partial charge is 0.465 e. The van der Waals surface area contributed by atoms with E-state index < -0.39 is 5.41 Å². The van der Waals surface area contributed by atoms with Crippen molar-refractivity contribution in [3.8, 4) is 0 Å². The first-order chi connectivity index (χ1) is 10.3. The van der Waals surface area contributed by atoms with Crippen LogP contribution in [0.15, 0.2) is 60.7 Å². The first-order valence-electron chi connectivity index (χ1n) is 7.54. The van der Waals surface area contributed by atoms with Gasteiger partial charge in [0.15, 0.2) is 0 Å². The number of carbonyl (C=O) groups is 1. The molecule has 0 N–H and O–H groups in total. The molecule has 118 valence electrons. The first-order valence-corrected chi connectivity index (χ1v) is 7.54. The molecule has 0 unspecified atom stereocenters. The lowest BCUT2D eigenvalue weighted by Gasteiger charge is -2.32. The summed E-state index contributed by atoms with van der Waals surface area (Å²) in [6.07, 6.45) is 1.64. The molecular weight excluding hydrogens is 296 g/mol. The predicted octanol–water partition coefficient (Wildman–Crippen LogP) is 4.76. The summed E-state index contributed by atoms with van der Waals surface area (Å²) >= 11 is 0. The Hall–Kier alpha value is -1.80. The van der Waals surface area contributed by atoms with Crippen LogP contribution in [0.2, 0.25) is 0 Å². The van der Waals surface area contributed by atoms with E-state index in [0.717, 1.165) is 24.0 Å². The van der Waals surface area contributed by atoms with Crippen molar-refractivity contribution in [1.29, 1.82) is 0 Å². The van der Waals surface area contributed by atoms with Crippen molar-refractivity contribution in [3.05, 3.63) is 71.8 Å². The molecule has 0 amide bonds. The molecule has 0 fully saturated rings. The number of halogens is 1. The van der Waals surface area contributed by atoms with Gasteiger partial charge < -0.3 is 4.74 Å². The van der Waals surface area contributed by atoms with Gasteiger partial charge in [-0.05, 0) is 24.5 Å². The number of hydrogen-bond acceptors (Lipinski definition) is 2. The second-order valence-electron chi connectivity index (χ2n) is 5.11. The molecule has 0 heterocycles. The van der Waals surface area contributed by atoms with E-state index in [2.05, 4.69) is 6.92 Å². The number of esters is 1. The standard InChI is InChI=1S/C19H22O2.ClH/c1-3-15-19(18(20)21-4-2,16-11-7-5-8-12-16)17-13-9-6-10-14-17;/h5-14H,3-4,15H2,1-2H3;1H. The first kappa shape index (κ1) is 18.2. The molecule has 2 rings (SSSR count). The molecule has 0 atom stereocenters. The van der Waals surface area contributed by atoms with Crippen LogP contribution in [-0.4, -0.2) is 12.6 Å². The van der Waals surface area contributed by atoms with Crippen LogP contribution in [0.25, 0.3) is 0 Å². The van der Waals surface area contributed by atoms with Gasteiger partial charge in [0.05, 0.1) is 6.61 Å². The van der Waals surface area contributed by atoms with E-state index in [1.807, 2.05) is 67.6 Å². The summed E-state index contributed by atoms with van der Waals surface area (Å²) in [5, 5.41) is 0. The highest BCUT2D eigenvalue weighted by molar-refractivity contribution is 5.87. The zero-order valence-corrected chi connectivity index (χ0v) is 13.9. The van der Waals surface area contributed by atoms with E-state index >= 15 is 0 Å². The van der Waals surface area contributed by atoms with Crippen LogP contribution in [0.3, 0.4) is 0 Å². The smallest absolute Gasteiger partial charge is 0.321 e. The van der Waals surface area contributed by atoms with Crippen molar-refractivity contribution < 1.29 is 9.53 Å². The minimum Gasteiger partial charge on any atom is -0.465 e. The van der Waals surface area contributed by atoms with Gasteiger partial charge in [0.25, 0.3) is 0 Å². The van der Waals surface area contributed by atoms with Crippen LogP contribution in [0.5, 0.6) is 0 Å². The molecule has 0 aliphatic rings. The van der Waals surface area contributed by atoms with Crippen LogP contribution in [0.4, 0.5) is 0 Å². The zero-order chi connectivity index (χ0) is 15.1. The topological polar surface area (TPSA) is 26.3 Å². The number of ether oxygens (including phenoxy) is 1. The second-order valence-corrected chi connectivity index (χ2v) is 5.11. The predicted molar refractivity (Wildman–Crippen MR) is 92.5 cm³/mol. The zero-order valence-electron chi connectivity index (χ0n) is 13.1. The Kier molecular flexibility index (Phi) is 7.13. The lowest BCUT2D eigenvalue weighted by molar-refractivity contribution is -0.148. The Labute approximate surface area is 138 Å². The van der Waals surface area contributed by atoms with Gasteiger partial charge in [0.1, 0.15) is 5.41 Å². The monoisotopic (exact) mass is 318 g/mol. The minimum atomic E-state index is -0.715. The molecule has 2 nitrogen and oxygen atoms in total. The number of rotatable bonds is 6. The fraction of sp³-hybridized carbons (Fsp3) is 0.316. The molecule has 0 aromatic heterocycles. The summed E-state index contributed by atoms with van der Waals surface area (Å²) in [7, 11) is 0.